The number of benzene rings is 1. The molecule has 0 bridgehead atoms. The molecule has 0 radical (unpaired) electrons. The second-order valence-corrected chi connectivity index (χ2v) is 6.70. The number of fused-ring (bicyclic) bond motifs is 1. The molecular weight excluding hydrogens is 323 g/mol. The number of rotatable bonds is 2. The zero-order chi connectivity index (χ0) is 17.6. The predicted octanol–water partition coefficient (Wildman–Crippen LogP) is 1.65. The Morgan fingerprint density at radius 2 is 2.08 bits per heavy atom. The lowest BCUT2D eigenvalue weighted by Gasteiger charge is -2.32. The summed E-state index contributed by atoms with van der Waals surface area (Å²) in [7, 11) is 1.70. The molecule has 1 saturated heterocycles. The van der Waals surface area contributed by atoms with Gasteiger partial charge < -0.3 is 9.80 Å². The molecule has 0 aliphatic carbocycles. The zero-order valence-electron chi connectivity index (χ0n) is 13.9. The van der Waals surface area contributed by atoms with Crippen molar-refractivity contribution < 1.29 is 14.0 Å². The maximum Gasteiger partial charge on any atom is 0.228 e. The molecule has 2 amide bonds. The van der Waals surface area contributed by atoms with Crippen LogP contribution < -0.4 is 0 Å². The number of aromatic amines is 1. The number of nitrogens with zero attached hydrogens (tertiary/aromatic N) is 3. The van der Waals surface area contributed by atoms with Crippen molar-refractivity contribution in [3.05, 3.63) is 53.1 Å². The molecule has 3 heterocycles. The second-order valence-electron chi connectivity index (χ2n) is 6.70. The van der Waals surface area contributed by atoms with Crippen LogP contribution in [0.15, 0.2) is 30.5 Å². The largest absolute Gasteiger partial charge is 0.338 e. The molecule has 1 fully saturated rings. The molecular formula is C18H19FN4O2. The van der Waals surface area contributed by atoms with Crippen LogP contribution in [0.2, 0.25) is 0 Å². The molecule has 2 aliphatic rings. The summed E-state index contributed by atoms with van der Waals surface area (Å²) < 4.78 is 13.2. The van der Waals surface area contributed by atoms with Crippen molar-refractivity contribution in [1.29, 1.82) is 0 Å². The van der Waals surface area contributed by atoms with Crippen LogP contribution in [0.4, 0.5) is 4.39 Å². The molecule has 6 nitrogen and oxygen atoms in total. The van der Waals surface area contributed by atoms with Gasteiger partial charge in [-0.25, -0.2) is 4.39 Å². The lowest BCUT2D eigenvalue weighted by atomic mass is 9.91. The van der Waals surface area contributed by atoms with E-state index in [1.54, 1.807) is 35.2 Å². The SMILES string of the molecule is CN1C(=O)CC(C(=O)N2CCc3[nH]ncc3C2)C1c1ccc(F)cc1. The monoisotopic (exact) mass is 342 g/mol. The minimum Gasteiger partial charge on any atom is -0.338 e. The highest BCUT2D eigenvalue weighted by Crippen LogP contribution is 2.38. The van der Waals surface area contributed by atoms with Crippen LogP contribution in [-0.4, -0.2) is 45.4 Å². The summed E-state index contributed by atoms with van der Waals surface area (Å²) in [6, 6.07) is 5.68. The maximum atomic E-state index is 13.2. The topological polar surface area (TPSA) is 69.3 Å². The Morgan fingerprint density at radius 3 is 2.84 bits per heavy atom. The van der Waals surface area contributed by atoms with Crippen LogP contribution in [-0.2, 0) is 22.6 Å². The zero-order valence-corrected chi connectivity index (χ0v) is 13.9. The normalized spacial score (nSPS) is 23.0. The van der Waals surface area contributed by atoms with E-state index in [1.807, 2.05) is 0 Å². The molecule has 25 heavy (non-hydrogen) atoms. The van der Waals surface area contributed by atoms with Gasteiger partial charge in [0.15, 0.2) is 0 Å². The minimum absolute atomic E-state index is 0.0288. The van der Waals surface area contributed by atoms with Gasteiger partial charge in [-0.15, -0.1) is 0 Å². The van der Waals surface area contributed by atoms with Gasteiger partial charge in [0.1, 0.15) is 5.82 Å². The first-order valence-electron chi connectivity index (χ1n) is 8.35. The molecule has 7 heteroatoms. The fourth-order valence-corrected chi connectivity index (χ4v) is 3.85. The van der Waals surface area contributed by atoms with Crippen molar-refractivity contribution in [3.8, 4) is 0 Å². The number of carbonyl (C=O) groups is 2. The van der Waals surface area contributed by atoms with Crippen molar-refractivity contribution in [2.75, 3.05) is 13.6 Å². The van der Waals surface area contributed by atoms with Gasteiger partial charge in [-0.05, 0) is 17.7 Å². The third kappa shape index (κ3) is 2.69. The van der Waals surface area contributed by atoms with Gasteiger partial charge in [-0.1, -0.05) is 12.1 Å². The van der Waals surface area contributed by atoms with Crippen LogP contribution >= 0.6 is 0 Å². The van der Waals surface area contributed by atoms with Crippen LogP contribution in [0.25, 0.3) is 0 Å². The quantitative estimate of drug-likeness (QED) is 0.902. The summed E-state index contributed by atoms with van der Waals surface area (Å²) in [4.78, 5) is 28.8. The van der Waals surface area contributed by atoms with E-state index in [4.69, 9.17) is 0 Å². The summed E-state index contributed by atoms with van der Waals surface area (Å²) >= 11 is 0. The minimum atomic E-state index is -0.448. The number of likely N-dealkylation sites (tertiary alicyclic amines) is 1. The van der Waals surface area contributed by atoms with E-state index in [9.17, 15) is 14.0 Å². The van der Waals surface area contributed by atoms with Gasteiger partial charge in [-0.2, -0.15) is 5.10 Å². The summed E-state index contributed by atoms with van der Waals surface area (Å²) in [5, 5.41) is 6.98. The van der Waals surface area contributed by atoms with E-state index in [2.05, 4.69) is 10.2 Å². The Labute approximate surface area is 144 Å². The first kappa shape index (κ1) is 15.8. The van der Waals surface area contributed by atoms with Crippen LogP contribution in [0, 0.1) is 11.7 Å². The van der Waals surface area contributed by atoms with Crippen molar-refractivity contribution >= 4 is 11.8 Å². The lowest BCUT2D eigenvalue weighted by molar-refractivity contribution is -0.137. The average Bonchev–Trinajstić information content (AvgIpc) is 3.20. The fraction of sp³-hybridized carbons (Fsp3) is 0.389. The molecule has 2 aromatic rings. The number of carbonyl (C=O) groups excluding carboxylic acids is 2. The third-order valence-corrected chi connectivity index (χ3v) is 5.23. The third-order valence-electron chi connectivity index (χ3n) is 5.23. The smallest absolute Gasteiger partial charge is 0.228 e. The molecule has 2 atom stereocenters. The average molecular weight is 342 g/mol. The molecule has 2 aliphatic heterocycles. The van der Waals surface area contributed by atoms with E-state index in [0.717, 1.165) is 23.2 Å². The Hall–Kier alpha value is -2.70. The number of nitrogens with one attached hydrogen (secondary N) is 1. The van der Waals surface area contributed by atoms with Gasteiger partial charge in [0.2, 0.25) is 11.8 Å². The van der Waals surface area contributed by atoms with Gasteiger partial charge in [-0.3, -0.25) is 14.7 Å². The number of amides is 2. The van der Waals surface area contributed by atoms with Crippen molar-refractivity contribution in [2.24, 2.45) is 5.92 Å². The fourth-order valence-electron chi connectivity index (χ4n) is 3.85. The molecule has 1 aromatic carbocycles. The van der Waals surface area contributed by atoms with E-state index in [0.29, 0.717) is 13.1 Å². The van der Waals surface area contributed by atoms with Gasteiger partial charge >= 0.3 is 0 Å². The molecule has 4 rings (SSSR count). The number of hydrogen-bond acceptors (Lipinski definition) is 3. The Balaban J connectivity index is 1.60. The van der Waals surface area contributed by atoms with Crippen LogP contribution in [0.5, 0.6) is 0 Å². The van der Waals surface area contributed by atoms with Crippen molar-refractivity contribution in [3.63, 3.8) is 0 Å². The van der Waals surface area contributed by atoms with Crippen molar-refractivity contribution in [1.82, 2.24) is 20.0 Å². The highest BCUT2D eigenvalue weighted by molar-refractivity contribution is 5.90. The number of halogens is 1. The van der Waals surface area contributed by atoms with E-state index < -0.39 is 5.92 Å². The molecule has 0 spiro atoms. The maximum absolute atomic E-state index is 13.2. The Morgan fingerprint density at radius 1 is 1.32 bits per heavy atom. The highest BCUT2D eigenvalue weighted by atomic mass is 19.1. The molecule has 1 aromatic heterocycles. The number of H-pyrrole nitrogens is 1. The summed E-state index contributed by atoms with van der Waals surface area (Å²) in [6.45, 7) is 1.12. The van der Waals surface area contributed by atoms with Gasteiger partial charge in [0.25, 0.3) is 0 Å². The number of aromatic nitrogens is 2. The van der Waals surface area contributed by atoms with Crippen LogP contribution in [0.3, 0.4) is 0 Å². The van der Waals surface area contributed by atoms with E-state index in [1.165, 1.54) is 12.1 Å². The molecule has 130 valence electrons. The first-order valence-corrected chi connectivity index (χ1v) is 8.35. The van der Waals surface area contributed by atoms with Crippen molar-refractivity contribution in [2.45, 2.75) is 25.4 Å². The standard InChI is InChI=1S/C18H19FN4O2/c1-22-16(24)8-14(17(22)11-2-4-13(19)5-3-11)18(25)23-7-6-15-12(10-23)9-20-21-15/h2-5,9,14,17H,6-8,10H2,1H3,(H,20,21). The summed E-state index contributed by atoms with van der Waals surface area (Å²) in [5.41, 5.74) is 2.88. The summed E-state index contributed by atoms with van der Waals surface area (Å²) in [6.07, 6.45) is 2.67. The van der Waals surface area contributed by atoms with Gasteiger partial charge in [0, 0.05) is 44.2 Å². The number of hydrogen-bond donors (Lipinski definition) is 1. The van der Waals surface area contributed by atoms with E-state index >= 15 is 0 Å². The second kappa shape index (κ2) is 5.98. The highest BCUT2D eigenvalue weighted by Gasteiger charge is 2.44. The Kier molecular flexibility index (Phi) is 3.78. The lowest BCUT2D eigenvalue weighted by Crippen LogP contribution is -2.41. The van der Waals surface area contributed by atoms with Crippen LogP contribution in [0.1, 0.15) is 29.3 Å². The van der Waals surface area contributed by atoms with Gasteiger partial charge in [0.05, 0.1) is 18.2 Å². The molecule has 1 N–H and O–H groups in total. The molecule has 0 saturated carbocycles. The van der Waals surface area contributed by atoms with E-state index in [-0.39, 0.29) is 30.1 Å². The first-order chi connectivity index (χ1) is 12.0. The predicted molar refractivity (Wildman–Crippen MR) is 87.7 cm³/mol. The molecule has 2 unspecified atom stereocenters. The Bertz CT molecular complexity index is 817. The summed E-state index contributed by atoms with van der Waals surface area (Å²) in [5.74, 6) is -0.869.